The molecule has 4 rings (SSSR count). The summed E-state index contributed by atoms with van der Waals surface area (Å²) in [5.74, 6) is 0.0436. The van der Waals surface area contributed by atoms with E-state index in [0.29, 0.717) is 18.7 Å². The zero-order valence-electron chi connectivity index (χ0n) is 18.5. The number of hydrogen-bond donors (Lipinski definition) is 1. The predicted octanol–water partition coefficient (Wildman–Crippen LogP) is 4.12. The second kappa shape index (κ2) is 9.05. The summed E-state index contributed by atoms with van der Waals surface area (Å²) < 4.78 is 26.0. The highest BCUT2D eigenvalue weighted by molar-refractivity contribution is 7.89. The molecule has 6 nitrogen and oxygen atoms in total. The van der Waals surface area contributed by atoms with Gasteiger partial charge in [0, 0.05) is 49.9 Å². The van der Waals surface area contributed by atoms with Crippen LogP contribution < -0.4 is 5.32 Å². The maximum Gasteiger partial charge on any atom is 0.254 e. The Hall–Kier alpha value is -2.68. The Kier molecular flexibility index (Phi) is 6.37. The predicted molar refractivity (Wildman–Crippen MR) is 129 cm³/mol. The molecule has 2 heterocycles. The van der Waals surface area contributed by atoms with Crippen LogP contribution in [-0.2, 0) is 29.5 Å². The summed E-state index contributed by atoms with van der Waals surface area (Å²) in [6.45, 7) is 3.79. The quantitative estimate of drug-likeness (QED) is 0.590. The summed E-state index contributed by atoms with van der Waals surface area (Å²) in [4.78, 5) is 16.8. The van der Waals surface area contributed by atoms with Crippen molar-refractivity contribution in [3.05, 3.63) is 81.0 Å². The Morgan fingerprint density at radius 3 is 2.72 bits per heavy atom. The van der Waals surface area contributed by atoms with Gasteiger partial charge in [0.25, 0.3) is 5.91 Å². The van der Waals surface area contributed by atoms with Gasteiger partial charge in [-0.3, -0.25) is 4.79 Å². The van der Waals surface area contributed by atoms with Crippen molar-refractivity contribution in [3.63, 3.8) is 0 Å². The molecule has 1 aliphatic rings. The summed E-state index contributed by atoms with van der Waals surface area (Å²) in [6, 6.07) is 14.7. The van der Waals surface area contributed by atoms with Crippen molar-refractivity contribution >= 4 is 33.0 Å². The molecular formula is C24H27N3O3S2. The number of hydrogen-bond acceptors (Lipinski definition) is 5. The van der Waals surface area contributed by atoms with Crippen LogP contribution in [0.2, 0.25) is 0 Å². The number of fused-ring (bicyclic) bond motifs is 1. The van der Waals surface area contributed by atoms with Crippen molar-refractivity contribution < 1.29 is 13.2 Å². The van der Waals surface area contributed by atoms with Crippen molar-refractivity contribution in [2.75, 3.05) is 26.0 Å². The van der Waals surface area contributed by atoms with E-state index >= 15 is 0 Å². The van der Waals surface area contributed by atoms with Gasteiger partial charge < -0.3 is 10.2 Å². The number of thiophene rings is 1. The molecule has 32 heavy (non-hydrogen) atoms. The van der Waals surface area contributed by atoms with Crippen molar-refractivity contribution in [1.82, 2.24) is 9.21 Å². The van der Waals surface area contributed by atoms with Crippen LogP contribution in [0, 0.1) is 6.92 Å². The highest BCUT2D eigenvalue weighted by Gasteiger charge is 2.24. The van der Waals surface area contributed by atoms with E-state index in [-0.39, 0.29) is 10.8 Å². The Labute approximate surface area is 193 Å². The van der Waals surface area contributed by atoms with E-state index in [1.54, 1.807) is 29.5 Å². The molecule has 1 aromatic heterocycles. The van der Waals surface area contributed by atoms with Crippen LogP contribution in [0.5, 0.6) is 0 Å². The van der Waals surface area contributed by atoms with Gasteiger partial charge in [0.15, 0.2) is 0 Å². The van der Waals surface area contributed by atoms with E-state index in [1.165, 1.54) is 28.8 Å². The molecule has 1 aliphatic heterocycles. The minimum Gasteiger partial charge on any atom is -0.381 e. The lowest BCUT2D eigenvalue weighted by Gasteiger charge is -2.28. The molecule has 8 heteroatoms. The molecule has 0 atom stereocenters. The Morgan fingerprint density at radius 2 is 1.94 bits per heavy atom. The lowest BCUT2D eigenvalue weighted by atomic mass is 10.0. The molecule has 0 saturated heterocycles. The molecule has 0 aliphatic carbocycles. The van der Waals surface area contributed by atoms with Gasteiger partial charge in [-0.2, -0.15) is 0 Å². The summed E-state index contributed by atoms with van der Waals surface area (Å²) in [6.07, 6.45) is 0.905. The van der Waals surface area contributed by atoms with Gasteiger partial charge in [-0.15, -0.1) is 11.3 Å². The van der Waals surface area contributed by atoms with E-state index in [4.69, 9.17) is 0 Å². The minimum absolute atomic E-state index is 0.0436. The first kappa shape index (κ1) is 22.5. The van der Waals surface area contributed by atoms with Crippen LogP contribution in [0.4, 0.5) is 5.69 Å². The zero-order valence-corrected chi connectivity index (χ0v) is 20.1. The van der Waals surface area contributed by atoms with E-state index in [0.717, 1.165) is 29.8 Å². The molecule has 3 aromatic rings. The summed E-state index contributed by atoms with van der Waals surface area (Å²) in [5.41, 5.74) is 4.55. The number of anilines is 1. The molecule has 168 valence electrons. The fraction of sp³-hybridized carbons (Fsp3) is 0.292. The van der Waals surface area contributed by atoms with E-state index in [9.17, 15) is 13.2 Å². The summed E-state index contributed by atoms with van der Waals surface area (Å²) in [5, 5.41) is 5.46. The van der Waals surface area contributed by atoms with Gasteiger partial charge >= 0.3 is 0 Å². The van der Waals surface area contributed by atoms with Crippen molar-refractivity contribution in [3.8, 4) is 0 Å². The first-order chi connectivity index (χ1) is 15.3. The van der Waals surface area contributed by atoms with Crippen LogP contribution in [0.15, 0.2) is 58.8 Å². The maximum atomic E-state index is 13.2. The highest BCUT2D eigenvalue weighted by Crippen LogP contribution is 2.27. The fourth-order valence-electron chi connectivity index (χ4n) is 3.88. The maximum absolute atomic E-state index is 13.2. The topological polar surface area (TPSA) is 69.7 Å². The third-order valence-electron chi connectivity index (χ3n) is 5.82. The summed E-state index contributed by atoms with van der Waals surface area (Å²) >= 11 is 1.76. The number of nitrogens with one attached hydrogen (secondary N) is 1. The number of nitrogens with zero attached hydrogens (tertiary/aromatic N) is 2. The van der Waals surface area contributed by atoms with Gasteiger partial charge in [-0.25, -0.2) is 12.7 Å². The molecule has 2 aromatic carbocycles. The third-order valence-corrected chi connectivity index (χ3v) is 8.65. The third kappa shape index (κ3) is 4.44. The average molecular weight is 470 g/mol. The van der Waals surface area contributed by atoms with Gasteiger partial charge in [0.1, 0.15) is 0 Å². The molecule has 1 amide bonds. The lowest BCUT2D eigenvalue weighted by Crippen LogP contribution is -2.35. The highest BCUT2D eigenvalue weighted by atomic mass is 32.2. The van der Waals surface area contributed by atoms with Crippen molar-refractivity contribution in [2.45, 2.75) is 31.3 Å². The Bertz CT molecular complexity index is 1250. The average Bonchev–Trinajstić information content (AvgIpc) is 3.26. The number of sulfonamides is 1. The van der Waals surface area contributed by atoms with E-state index < -0.39 is 10.0 Å². The van der Waals surface area contributed by atoms with Gasteiger partial charge in [-0.05, 0) is 65.7 Å². The SMILES string of the molecule is Cc1c(NCc2cccc(S(=O)(=O)N(C)C)c2)cccc1C(=O)N1CCc2sccc2C1. The van der Waals surface area contributed by atoms with Crippen LogP contribution in [0.1, 0.15) is 31.9 Å². The number of rotatable bonds is 6. The molecule has 1 N–H and O–H groups in total. The molecule has 0 unspecified atom stereocenters. The van der Waals surface area contributed by atoms with E-state index in [2.05, 4.69) is 16.8 Å². The number of carbonyl (C=O) groups excluding carboxylic acids is 1. The van der Waals surface area contributed by atoms with Gasteiger partial charge in [0.05, 0.1) is 4.90 Å². The molecule has 0 bridgehead atoms. The molecule has 0 saturated carbocycles. The lowest BCUT2D eigenvalue weighted by molar-refractivity contribution is 0.0735. The van der Waals surface area contributed by atoms with Crippen LogP contribution >= 0.6 is 11.3 Å². The molecule has 0 spiro atoms. The zero-order chi connectivity index (χ0) is 22.9. The number of carbonyl (C=O) groups is 1. The van der Waals surface area contributed by atoms with Gasteiger partial charge in [0.2, 0.25) is 10.0 Å². The smallest absolute Gasteiger partial charge is 0.254 e. The Balaban J connectivity index is 1.50. The van der Waals surface area contributed by atoms with Crippen LogP contribution in [-0.4, -0.2) is 44.2 Å². The van der Waals surface area contributed by atoms with Crippen LogP contribution in [0.25, 0.3) is 0 Å². The fourth-order valence-corrected chi connectivity index (χ4v) is 5.74. The number of benzene rings is 2. The first-order valence-electron chi connectivity index (χ1n) is 10.5. The second-order valence-electron chi connectivity index (χ2n) is 8.11. The van der Waals surface area contributed by atoms with E-state index in [1.807, 2.05) is 36.1 Å². The second-order valence-corrected chi connectivity index (χ2v) is 11.3. The number of amides is 1. The Morgan fingerprint density at radius 1 is 1.16 bits per heavy atom. The van der Waals surface area contributed by atoms with Crippen molar-refractivity contribution in [1.29, 1.82) is 0 Å². The summed E-state index contributed by atoms with van der Waals surface area (Å²) in [7, 11) is -0.439. The normalized spacial score (nSPS) is 13.8. The van der Waals surface area contributed by atoms with Gasteiger partial charge in [-0.1, -0.05) is 18.2 Å². The standard InChI is InChI=1S/C24H27N3O3S2/c1-17-21(24(28)27-12-10-23-19(16-27)11-13-31-23)8-5-9-22(17)25-15-18-6-4-7-20(14-18)32(29,30)26(2)3/h4-9,11,13-14,25H,10,12,15-16H2,1-3H3. The molecule has 0 radical (unpaired) electrons. The van der Waals surface area contributed by atoms with Crippen molar-refractivity contribution in [2.24, 2.45) is 0 Å². The minimum atomic E-state index is -3.48. The largest absolute Gasteiger partial charge is 0.381 e. The molecular weight excluding hydrogens is 442 g/mol. The van der Waals surface area contributed by atoms with Crippen LogP contribution in [0.3, 0.4) is 0 Å². The first-order valence-corrected chi connectivity index (χ1v) is 12.8. The monoisotopic (exact) mass is 469 g/mol. The molecule has 0 fully saturated rings.